The molecule has 116 valence electrons. The molecule has 0 aliphatic rings. The largest absolute Gasteiger partial charge is 0.444 e. The van der Waals surface area contributed by atoms with Gasteiger partial charge in [0.2, 0.25) is 0 Å². The Bertz CT molecular complexity index is 536. The first-order valence-electron chi connectivity index (χ1n) is 6.40. The number of ether oxygens (including phenoxy) is 1. The summed E-state index contributed by atoms with van der Waals surface area (Å²) in [4.78, 5) is 11.4. The van der Waals surface area contributed by atoms with Crippen LogP contribution >= 0.6 is 0 Å². The predicted octanol–water partition coefficient (Wildman–Crippen LogP) is 3.89. The van der Waals surface area contributed by atoms with Gasteiger partial charge in [0, 0.05) is 13.0 Å². The molecule has 0 spiro atoms. The van der Waals surface area contributed by atoms with Gasteiger partial charge in [0.15, 0.2) is 0 Å². The summed E-state index contributed by atoms with van der Waals surface area (Å²) < 4.78 is 44.3. The van der Waals surface area contributed by atoms with Crippen LogP contribution in [0.4, 0.5) is 18.0 Å². The van der Waals surface area contributed by atoms with Gasteiger partial charge in [-0.1, -0.05) is 0 Å². The van der Waals surface area contributed by atoms with Gasteiger partial charge in [0.05, 0.1) is 6.33 Å². The summed E-state index contributed by atoms with van der Waals surface area (Å²) in [5.74, 6) is -1.24. The fraction of sp³-hybridized carbons (Fsp3) is 0.400. The van der Waals surface area contributed by atoms with Crippen LogP contribution in [0.2, 0.25) is 0 Å². The number of amides is 1. The Hall–Kier alpha value is -1.98. The third kappa shape index (κ3) is 6.33. The zero-order chi connectivity index (χ0) is 16.0. The summed E-state index contributed by atoms with van der Waals surface area (Å²) in [6, 6.07) is 2.95. The van der Waals surface area contributed by atoms with Crippen LogP contribution in [0.1, 0.15) is 26.3 Å². The predicted molar refractivity (Wildman–Crippen MR) is 73.5 cm³/mol. The molecule has 1 rings (SSSR count). The van der Waals surface area contributed by atoms with Crippen molar-refractivity contribution in [1.29, 1.82) is 0 Å². The molecule has 1 aromatic carbocycles. The lowest BCUT2D eigenvalue weighted by Crippen LogP contribution is -2.33. The van der Waals surface area contributed by atoms with Crippen LogP contribution in [0.25, 0.3) is 0 Å². The third-order valence-electron chi connectivity index (χ3n) is 2.44. The Morgan fingerprint density at radius 1 is 1.33 bits per heavy atom. The first-order chi connectivity index (χ1) is 9.71. The first-order valence-corrected chi connectivity index (χ1v) is 6.40. The van der Waals surface area contributed by atoms with Crippen molar-refractivity contribution in [2.24, 2.45) is 0 Å². The van der Waals surface area contributed by atoms with Crippen molar-refractivity contribution in [3.05, 3.63) is 47.3 Å². The van der Waals surface area contributed by atoms with Gasteiger partial charge >= 0.3 is 6.09 Å². The Kier molecular flexibility index (Phi) is 5.81. The zero-order valence-corrected chi connectivity index (χ0v) is 12.2. The Morgan fingerprint density at radius 2 is 2.00 bits per heavy atom. The number of carbonyl (C=O) groups excluding carboxylic acids is 1. The summed E-state index contributed by atoms with van der Waals surface area (Å²) >= 11 is 0. The molecule has 0 unspecified atom stereocenters. The highest BCUT2D eigenvalue weighted by Gasteiger charge is 2.16. The Labute approximate surface area is 121 Å². The van der Waals surface area contributed by atoms with E-state index in [4.69, 9.17) is 4.74 Å². The lowest BCUT2D eigenvalue weighted by Gasteiger charge is -2.20. The standard InChI is InChI=1S/C15H18F3NO2/c1-15(2,3)21-14(20)19-9-10(8-16)6-11-7-12(17)4-5-13(11)18/h4-5,7-8H,6,9H2,1-3H3,(H,19,20). The van der Waals surface area contributed by atoms with Crippen LogP contribution < -0.4 is 5.32 Å². The molecule has 0 aromatic heterocycles. The third-order valence-corrected chi connectivity index (χ3v) is 2.44. The van der Waals surface area contributed by atoms with Crippen LogP contribution in [-0.4, -0.2) is 18.2 Å². The molecule has 1 N–H and O–H groups in total. The zero-order valence-electron chi connectivity index (χ0n) is 12.2. The minimum Gasteiger partial charge on any atom is -0.444 e. The molecule has 21 heavy (non-hydrogen) atoms. The van der Waals surface area contributed by atoms with Crippen molar-refractivity contribution in [3.8, 4) is 0 Å². The van der Waals surface area contributed by atoms with Crippen molar-refractivity contribution in [2.45, 2.75) is 32.8 Å². The van der Waals surface area contributed by atoms with Crippen LogP contribution in [0.15, 0.2) is 30.1 Å². The van der Waals surface area contributed by atoms with Gasteiger partial charge in [0.1, 0.15) is 17.2 Å². The molecular weight excluding hydrogens is 283 g/mol. The van der Waals surface area contributed by atoms with Crippen molar-refractivity contribution < 1.29 is 22.7 Å². The summed E-state index contributed by atoms with van der Waals surface area (Å²) in [5.41, 5.74) is -0.548. The number of rotatable bonds is 4. The van der Waals surface area contributed by atoms with E-state index in [0.717, 1.165) is 18.2 Å². The highest BCUT2D eigenvalue weighted by molar-refractivity contribution is 5.68. The van der Waals surface area contributed by atoms with Gasteiger partial charge < -0.3 is 10.1 Å². The fourth-order valence-corrected chi connectivity index (χ4v) is 1.56. The number of alkyl carbamates (subject to hydrolysis) is 1. The SMILES string of the molecule is CC(C)(C)OC(=O)NCC(=CF)Cc1cc(F)ccc1F. The van der Waals surface area contributed by atoms with E-state index >= 15 is 0 Å². The smallest absolute Gasteiger partial charge is 0.407 e. The second-order valence-corrected chi connectivity index (χ2v) is 5.54. The summed E-state index contributed by atoms with van der Waals surface area (Å²) in [6.07, 6.45) is -0.584. The summed E-state index contributed by atoms with van der Waals surface area (Å²) in [5, 5.41) is 2.36. The molecule has 0 saturated heterocycles. The Morgan fingerprint density at radius 3 is 2.57 bits per heavy atom. The average molecular weight is 301 g/mol. The van der Waals surface area contributed by atoms with E-state index in [2.05, 4.69) is 5.32 Å². The molecule has 0 bridgehead atoms. The van der Waals surface area contributed by atoms with Crippen LogP contribution in [0.5, 0.6) is 0 Å². The second-order valence-electron chi connectivity index (χ2n) is 5.54. The minimum atomic E-state index is -0.707. The molecule has 0 fully saturated rings. The van der Waals surface area contributed by atoms with E-state index in [9.17, 15) is 18.0 Å². The van der Waals surface area contributed by atoms with Crippen molar-refractivity contribution in [3.63, 3.8) is 0 Å². The van der Waals surface area contributed by atoms with Crippen molar-refractivity contribution in [1.82, 2.24) is 5.32 Å². The van der Waals surface area contributed by atoms with E-state index in [1.807, 2.05) is 0 Å². The van der Waals surface area contributed by atoms with Crippen LogP contribution in [-0.2, 0) is 11.2 Å². The molecule has 0 atom stereocenters. The molecule has 0 aliphatic carbocycles. The van der Waals surface area contributed by atoms with Crippen molar-refractivity contribution >= 4 is 6.09 Å². The quantitative estimate of drug-likeness (QED) is 0.916. The van der Waals surface area contributed by atoms with E-state index in [-0.39, 0.29) is 30.4 Å². The van der Waals surface area contributed by atoms with E-state index in [0.29, 0.717) is 0 Å². The maximum atomic E-state index is 13.5. The van der Waals surface area contributed by atoms with E-state index in [1.165, 1.54) is 0 Å². The molecule has 1 amide bonds. The summed E-state index contributed by atoms with van der Waals surface area (Å²) in [6.45, 7) is 4.93. The van der Waals surface area contributed by atoms with Crippen molar-refractivity contribution in [2.75, 3.05) is 6.54 Å². The molecule has 3 nitrogen and oxygen atoms in total. The van der Waals surface area contributed by atoms with Gasteiger partial charge in [-0.2, -0.15) is 0 Å². The van der Waals surface area contributed by atoms with E-state index in [1.54, 1.807) is 20.8 Å². The Balaban J connectivity index is 2.61. The maximum Gasteiger partial charge on any atom is 0.407 e. The molecule has 0 heterocycles. The fourth-order valence-electron chi connectivity index (χ4n) is 1.56. The molecule has 0 radical (unpaired) electrons. The normalized spacial score (nSPS) is 12.2. The topological polar surface area (TPSA) is 38.3 Å². The van der Waals surface area contributed by atoms with Gasteiger partial charge in [-0.15, -0.1) is 0 Å². The molecular formula is C15H18F3NO2. The van der Waals surface area contributed by atoms with Gasteiger partial charge in [0.25, 0.3) is 0 Å². The molecule has 0 saturated carbocycles. The van der Waals surface area contributed by atoms with Gasteiger partial charge in [-0.3, -0.25) is 0 Å². The molecule has 6 heteroatoms. The minimum absolute atomic E-state index is 0.0184. The number of hydrogen-bond donors (Lipinski definition) is 1. The number of carbonyl (C=O) groups is 1. The van der Waals surface area contributed by atoms with E-state index < -0.39 is 23.3 Å². The average Bonchev–Trinajstić information content (AvgIpc) is 2.36. The number of nitrogens with one attached hydrogen (secondary N) is 1. The lowest BCUT2D eigenvalue weighted by atomic mass is 10.1. The molecule has 0 aliphatic heterocycles. The first kappa shape index (κ1) is 17.1. The second kappa shape index (κ2) is 7.15. The van der Waals surface area contributed by atoms with Crippen LogP contribution in [0, 0.1) is 11.6 Å². The highest BCUT2D eigenvalue weighted by atomic mass is 19.1. The number of hydrogen-bond acceptors (Lipinski definition) is 2. The lowest BCUT2D eigenvalue weighted by molar-refractivity contribution is 0.0532. The molecule has 1 aromatic rings. The monoisotopic (exact) mass is 301 g/mol. The number of halogens is 3. The number of benzene rings is 1. The van der Waals surface area contributed by atoms with Gasteiger partial charge in [-0.05, 0) is 50.1 Å². The highest BCUT2D eigenvalue weighted by Crippen LogP contribution is 2.14. The van der Waals surface area contributed by atoms with Crippen LogP contribution in [0.3, 0.4) is 0 Å². The summed E-state index contributed by atoms with van der Waals surface area (Å²) in [7, 11) is 0. The van der Waals surface area contributed by atoms with Gasteiger partial charge in [-0.25, -0.2) is 18.0 Å². The maximum absolute atomic E-state index is 13.5.